The Morgan fingerprint density at radius 1 is 0.913 bits per heavy atom. The van der Waals surface area contributed by atoms with Crippen molar-refractivity contribution in [1.82, 2.24) is 5.32 Å². The monoisotopic (exact) mass is 305 g/mol. The minimum Gasteiger partial charge on any atom is -0.494 e. The van der Waals surface area contributed by atoms with Crippen LogP contribution < -0.4 is 10.1 Å². The molecular weight excluding hydrogens is 282 g/mol. The Balaban J connectivity index is 1.70. The van der Waals surface area contributed by atoms with E-state index >= 15 is 0 Å². The molecule has 0 aliphatic heterocycles. The summed E-state index contributed by atoms with van der Waals surface area (Å²) in [5.41, 5.74) is 2.61. The van der Waals surface area contributed by atoms with Crippen molar-refractivity contribution in [1.29, 1.82) is 0 Å². The van der Waals surface area contributed by atoms with E-state index in [0.717, 1.165) is 12.3 Å². The van der Waals surface area contributed by atoms with Crippen LogP contribution in [0.3, 0.4) is 0 Å². The molecule has 0 amide bonds. The highest BCUT2D eigenvalue weighted by Crippen LogP contribution is 2.24. The second-order valence-electron chi connectivity index (χ2n) is 5.75. The largest absolute Gasteiger partial charge is 0.494 e. The van der Waals surface area contributed by atoms with Crippen LogP contribution in [0.25, 0.3) is 10.8 Å². The third-order valence-electron chi connectivity index (χ3n) is 4.14. The van der Waals surface area contributed by atoms with Gasteiger partial charge in [-0.05, 0) is 47.9 Å². The van der Waals surface area contributed by atoms with Crippen molar-refractivity contribution < 1.29 is 4.74 Å². The fourth-order valence-electron chi connectivity index (χ4n) is 2.88. The molecule has 3 aromatic rings. The maximum Gasteiger partial charge on any atom is 0.119 e. The maximum absolute atomic E-state index is 5.48. The normalized spacial score (nSPS) is 12.3. The lowest BCUT2D eigenvalue weighted by atomic mass is 9.99. The molecule has 0 saturated heterocycles. The zero-order valence-corrected chi connectivity index (χ0v) is 13.8. The molecule has 3 aromatic carbocycles. The Morgan fingerprint density at radius 2 is 1.65 bits per heavy atom. The van der Waals surface area contributed by atoms with E-state index in [4.69, 9.17) is 4.74 Å². The van der Waals surface area contributed by atoms with Crippen LogP contribution in [0.1, 0.15) is 31.0 Å². The quantitative estimate of drug-likeness (QED) is 0.685. The van der Waals surface area contributed by atoms with Crippen molar-refractivity contribution in [2.24, 2.45) is 0 Å². The van der Waals surface area contributed by atoms with Crippen LogP contribution in [-0.2, 0) is 6.54 Å². The number of nitrogens with one attached hydrogen (secondary N) is 1. The summed E-state index contributed by atoms with van der Waals surface area (Å²) >= 11 is 0. The van der Waals surface area contributed by atoms with Gasteiger partial charge in [-0.2, -0.15) is 0 Å². The van der Waals surface area contributed by atoms with Crippen molar-refractivity contribution >= 4 is 10.8 Å². The predicted octanol–water partition coefficient (Wildman–Crippen LogP) is 5.09. The molecule has 2 nitrogen and oxygen atoms in total. The van der Waals surface area contributed by atoms with Crippen LogP contribution in [0.2, 0.25) is 0 Å². The van der Waals surface area contributed by atoms with Gasteiger partial charge in [-0.1, -0.05) is 54.6 Å². The third kappa shape index (κ3) is 3.72. The first-order valence-corrected chi connectivity index (χ1v) is 8.20. The van der Waals surface area contributed by atoms with Gasteiger partial charge in [-0.3, -0.25) is 0 Å². The molecule has 1 N–H and O–H groups in total. The van der Waals surface area contributed by atoms with E-state index in [2.05, 4.69) is 66.8 Å². The van der Waals surface area contributed by atoms with E-state index in [1.54, 1.807) is 0 Å². The van der Waals surface area contributed by atoms with Gasteiger partial charge < -0.3 is 10.1 Å². The van der Waals surface area contributed by atoms with Crippen LogP contribution in [0.5, 0.6) is 5.75 Å². The molecule has 0 fully saturated rings. The van der Waals surface area contributed by atoms with E-state index < -0.39 is 0 Å². The number of ether oxygens (including phenoxy) is 1. The Kier molecular flexibility index (Phi) is 4.94. The van der Waals surface area contributed by atoms with Crippen LogP contribution in [-0.4, -0.2) is 6.61 Å². The average molecular weight is 305 g/mol. The summed E-state index contributed by atoms with van der Waals surface area (Å²) in [5, 5.41) is 6.23. The van der Waals surface area contributed by atoms with E-state index in [-0.39, 0.29) is 0 Å². The van der Waals surface area contributed by atoms with Gasteiger partial charge in [0.2, 0.25) is 0 Å². The molecule has 23 heavy (non-hydrogen) atoms. The van der Waals surface area contributed by atoms with Gasteiger partial charge >= 0.3 is 0 Å². The van der Waals surface area contributed by atoms with E-state index in [1.165, 1.54) is 21.9 Å². The molecule has 0 radical (unpaired) electrons. The van der Waals surface area contributed by atoms with E-state index in [9.17, 15) is 0 Å². The van der Waals surface area contributed by atoms with Gasteiger partial charge in [-0.15, -0.1) is 0 Å². The van der Waals surface area contributed by atoms with Gasteiger partial charge in [0.15, 0.2) is 0 Å². The highest BCUT2D eigenvalue weighted by Gasteiger charge is 2.08. The molecule has 118 valence electrons. The van der Waals surface area contributed by atoms with Crippen molar-refractivity contribution in [3.63, 3.8) is 0 Å². The molecule has 0 aliphatic carbocycles. The fourth-order valence-corrected chi connectivity index (χ4v) is 2.88. The highest BCUT2D eigenvalue weighted by molar-refractivity contribution is 5.86. The summed E-state index contributed by atoms with van der Waals surface area (Å²) in [7, 11) is 0. The molecule has 0 bridgehead atoms. The zero-order chi connectivity index (χ0) is 16.1. The van der Waals surface area contributed by atoms with Gasteiger partial charge in [0, 0.05) is 12.6 Å². The summed E-state index contributed by atoms with van der Waals surface area (Å²) in [4.78, 5) is 0. The van der Waals surface area contributed by atoms with Crippen LogP contribution >= 0.6 is 0 Å². The zero-order valence-electron chi connectivity index (χ0n) is 13.8. The summed E-state index contributed by atoms with van der Waals surface area (Å²) in [6, 6.07) is 23.6. The number of hydrogen-bond acceptors (Lipinski definition) is 2. The lowest BCUT2D eigenvalue weighted by Crippen LogP contribution is -2.18. The smallest absolute Gasteiger partial charge is 0.119 e. The van der Waals surface area contributed by atoms with Gasteiger partial charge in [-0.25, -0.2) is 0 Å². The molecule has 0 spiro atoms. The minimum atomic E-state index is 0.299. The first kappa shape index (κ1) is 15.6. The second kappa shape index (κ2) is 7.30. The first-order valence-electron chi connectivity index (χ1n) is 8.20. The summed E-state index contributed by atoms with van der Waals surface area (Å²) in [5.74, 6) is 0.929. The van der Waals surface area contributed by atoms with E-state index in [0.29, 0.717) is 12.6 Å². The molecule has 3 rings (SSSR count). The lowest BCUT2D eigenvalue weighted by molar-refractivity contribution is 0.340. The molecule has 0 unspecified atom stereocenters. The summed E-state index contributed by atoms with van der Waals surface area (Å²) < 4.78 is 5.48. The number of benzene rings is 3. The maximum atomic E-state index is 5.48. The number of rotatable bonds is 6. The Morgan fingerprint density at radius 3 is 2.43 bits per heavy atom. The van der Waals surface area contributed by atoms with Crippen LogP contribution in [0.15, 0.2) is 66.7 Å². The molecule has 0 saturated carbocycles. The minimum absolute atomic E-state index is 0.299. The van der Waals surface area contributed by atoms with Crippen molar-refractivity contribution in [3.05, 3.63) is 77.9 Å². The van der Waals surface area contributed by atoms with Crippen LogP contribution in [0.4, 0.5) is 0 Å². The Labute approximate surface area is 138 Å². The van der Waals surface area contributed by atoms with Crippen molar-refractivity contribution in [2.45, 2.75) is 26.4 Å². The summed E-state index contributed by atoms with van der Waals surface area (Å²) in [6.07, 6.45) is 0. The molecule has 0 aromatic heterocycles. The lowest BCUT2D eigenvalue weighted by Gasteiger charge is -2.17. The van der Waals surface area contributed by atoms with Gasteiger partial charge in [0.1, 0.15) is 5.75 Å². The Bertz CT molecular complexity index is 759. The third-order valence-corrected chi connectivity index (χ3v) is 4.14. The number of fused-ring (bicyclic) bond motifs is 1. The molecule has 0 aliphatic rings. The second-order valence-corrected chi connectivity index (χ2v) is 5.75. The average Bonchev–Trinajstić information content (AvgIpc) is 2.60. The molecule has 2 heteroatoms. The van der Waals surface area contributed by atoms with Crippen LogP contribution in [0, 0.1) is 0 Å². The molecule has 1 atom stereocenters. The standard InChI is InChI=1S/C21H23NO/c1-3-23-19-13-11-17(12-14-19)15-22-16(2)20-10-6-8-18-7-4-5-9-21(18)20/h4-14,16,22H,3,15H2,1-2H3/t16-/m1/s1. The van der Waals surface area contributed by atoms with Gasteiger partial charge in [0.05, 0.1) is 6.61 Å². The van der Waals surface area contributed by atoms with E-state index in [1.807, 2.05) is 19.1 Å². The fraction of sp³-hybridized carbons (Fsp3) is 0.238. The first-order chi connectivity index (χ1) is 11.3. The van der Waals surface area contributed by atoms with Crippen molar-refractivity contribution in [3.8, 4) is 5.75 Å². The topological polar surface area (TPSA) is 21.3 Å². The summed E-state index contributed by atoms with van der Waals surface area (Å²) in [6.45, 7) is 5.77. The Hall–Kier alpha value is -2.32. The van der Waals surface area contributed by atoms with Gasteiger partial charge in [0.25, 0.3) is 0 Å². The highest BCUT2D eigenvalue weighted by atomic mass is 16.5. The number of hydrogen-bond donors (Lipinski definition) is 1. The molecular formula is C21H23NO. The predicted molar refractivity (Wildman–Crippen MR) is 96.8 cm³/mol. The van der Waals surface area contributed by atoms with Crippen molar-refractivity contribution in [2.75, 3.05) is 6.61 Å². The SMILES string of the molecule is CCOc1ccc(CN[C@H](C)c2cccc3ccccc23)cc1. The molecule has 0 heterocycles.